The molecule has 188 valence electrons. The number of rotatable bonds is 7. The molecule has 4 aromatic rings. The van der Waals surface area contributed by atoms with Crippen LogP contribution in [0.3, 0.4) is 0 Å². The van der Waals surface area contributed by atoms with Crippen molar-refractivity contribution in [2.24, 2.45) is 17.0 Å². The number of hydrogen-bond donors (Lipinski definition) is 1. The van der Waals surface area contributed by atoms with E-state index in [9.17, 15) is 4.79 Å². The number of pyridine rings is 1. The van der Waals surface area contributed by atoms with E-state index in [0.717, 1.165) is 38.4 Å². The van der Waals surface area contributed by atoms with E-state index in [1.807, 2.05) is 36.4 Å². The van der Waals surface area contributed by atoms with E-state index in [4.69, 9.17) is 33.1 Å². The Hall–Kier alpha value is -3.06. The molecule has 0 saturated heterocycles. The van der Waals surface area contributed by atoms with Crippen LogP contribution in [0.5, 0.6) is 0 Å². The molecule has 5 nitrogen and oxygen atoms in total. The summed E-state index contributed by atoms with van der Waals surface area (Å²) < 4.78 is 0. The van der Waals surface area contributed by atoms with Crippen molar-refractivity contribution >= 4 is 57.5 Å². The van der Waals surface area contributed by atoms with E-state index < -0.39 is 5.97 Å². The first-order chi connectivity index (χ1) is 17.8. The highest BCUT2D eigenvalue weighted by Crippen LogP contribution is 2.37. The molecule has 0 radical (unpaired) electrons. The zero-order valence-corrected chi connectivity index (χ0v) is 22.5. The van der Waals surface area contributed by atoms with E-state index in [2.05, 4.69) is 48.3 Å². The monoisotopic (exact) mass is 550 g/mol. The van der Waals surface area contributed by atoms with Crippen molar-refractivity contribution in [2.45, 2.75) is 24.8 Å². The molecule has 0 aliphatic carbocycles. The molecule has 0 saturated carbocycles. The second kappa shape index (κ2) is 10.7. The summed E-state index contributed by atoms with van der Waals surface area (Å²) >= 11 is 14.7. The largest absolute Gasteiger partial charge is 0.477 e. The summed E-state index contributed by atoms with van der Waals surface area (Å²) in [7, 11) is 0. The van der Waals surface area contributed by atoms with Gasteiger partial charge in [-0.05, 0) is 59.5 Å². The minimum absolute atomic E-state index is 0.0407. The van der Waals surface area contributed by atoms with Crippen LogP contribution in [0, 0.1) is 11.8 Å². The second-order valence-electron chi connectivity index (χ2n) is 9.24. The maximum Gasteiger partial charge on any atom is 0.354 e. The number of carbonyl (C=O) groups is 1. The molecule has 1 N–H and O–H groups in total. The van der Waals surface area contributed by atoms with Gasteiger partial charge >= 0.3 is 5.97 Å². The highest BCUT2D eigenvalue weighted by molar-refractivity contribution is 7.99. The number of aromatic nitrogens is 1. The van der Waals surface area contributed by atoms with Gasteiger partial charge in [-0.15, -0.1) is 11.8 Å². The van der Waals surface area contributed by atoms with Crippen LogP contribution in [-0.2, 0) is 4.84 Å². The minimum Gasteiger partial charge on any atom is -0.477 e. The molecule has 2 atom stereocenters. The fraction of sp³-hybridized carbons (Fsp3) is 0.207. The van der Waals surface area contributed by atoms with Crippen molar-refractivity contribution in [3.05, 3.63) is 94.1 Å². The van der Waals surface area contributed by atoms with Crippen LogP contribution in [0.4, 0.5) is 0 Å². The maximum absolute atomic E-state index is 11.2. The summed E-state index contributed by atoms with van der Waals surface area (Å²) in [6, 6.07) is 23.0. The number of fused-ring (bicyclic) bond motifs is 1. The second-order valence-corrected chi connectivity index (χ2v) is 11.1. The predicted molar refractivity (Wildman–Crippen MR) is 151 cm³/mol. The molecule has 2 heterocycles. The van der Waals surface area contributed by atoms with E-state index in [1.165, 1.54) is 6.07 Å². The standard InChI is InChI=1S/C29H24Cl2N2O3S/c1-16(2)28-21(27(33-36-28)26-22(30)4-3-5-23(26)31)15-37-20-10-6-17(7-11-20)18-8-12-24-19(14-18)9-13-25(32-24)29(34)35/h3-14,16,21,28H,15H2,1-2H3,(H,34,35). The fourth-order valence-corrected chi connectivity index (χ4v) is 6.14. The van der Waals surface area contributed by atoms with Gasteiger partial charge in [0.1, 0.15) is 11.8 Å². The molecular weight excluding hydrogens is 527 g/mol. The number of benzene rings is 3. The van der Waals surface area contributed by atoms with Gasteiger partial charge in [0.2, 0.25) is 0 Å². The predicted octanol–water partition coefficient (Wildman–Crippen LogP) is 8.07. The van der Waals surface area contributed by atoms with Gasteiger partial charge in [-0.3, -0.25) is 0 Å². The molecule has 37 heavy (non-hydrogen) atoms. The Morgan fingerprint density at radius 2 is 1.70 bits per heavy atom. The summed E-state index contributed by atoms with van der Waals surface area (Å²) in [6.45, 7) is 4.26. The lowest BCUT2D eigenvalue weighted by Crippen LogP contribution is -2.30. The third kappa shape index (κ3) is 5.33. The number of hydrogen-bond acceptors (Lipinski definition) is 5. The van der Waals surface area contributed by atoms with Gasteiger partial charge in [-0.1, -0.05) is 72.5 Å². The summed E-state index contributed by atoms with van der Waals surface area (Å²) in [5.74, 6) is 0.0716. The van der Waals surface area contributed by atoms with Gasteiger partial charge in [0.15, 0.2) is 0 Å². The molecule has 1 aliphatic rings. The lowest BCUT2D eigenvalue weighted by Gasteiger charge is -2.22. The van der Waals surface area contributed by atoms with Gasteiger partial charge in [0.25, 0.3) is 0 Å². The molecule has 0 bridgehead atoms. The van der Waals surface area contributed by atoms with Crippen LogP contribution in [0.2, 0.25) is 10.0 Å². The fourth-order valence-electron chi connectivity index (χ4n) is 4.50. The van der Waals surface area contributed by atoms with E-state index in [-0.39, 0.29) is 23.6 Å². The van der Waals surface area contributed by atoms with E-state index >= 15 is 0 Å². The first-order valence-corrected chi connectivity index (χ1v) is 13.6. The molecule has 0 amide bonds. The smallest absolute Gasteiger partial charge is 0.354 e. The third-order valence-corrected chi connectivity index (χ3v) is 8.18. The summed E-state index contributed by atoms with van der Waals surface area (Å²) in [5.41, 5.74) is 4.36. The molecule has 1 aromatic heterocycles. The first-order valence-electron chi connectivity index (χ1n) is 11.9. The van der Waals surface area contributed by atoms with Gasteiger partial charge < -0.3 is 9.94 Å². The number of aromatic carboxylic acids is 1. The van der Waals surface area contributed by atoms with E-state index in [1.54, 1.807) is 17.8 Å². The van der Waals surface area contributed by atoms with Crippen LogP contribution >= 0.6 is 35.0 Å². The van der Waals surface area contributed by atoms with Crippen LogP contribution in [-0.4, -0.2) is 33.6 Å². The Morgan fingerprint density at radius 1 is 1.00 bits per heavy atom. The minimum atomic E-state index is -1.03. The van der Waals surface area contributed by atoms with Crippen LogP contribution in [0.25, 0.3) is 22.0 Å². The number of carboxylic acids is 1. The Labute approximate surface area is 229 Å². The molecule has 5 rings (SSSR count). The summed E-state index contributed by atoms with van der Waals surface area (Å²) in [6.07, 6.45) is -0.0537. The van der Waals surface area contributed by atoms with Gasteiger partial charge in [-0.25, -0.2) is 9.78 Å². The number of carboxylic acid groups (broad SMARTS) is 1. The number of nitrogens with zero attached hydrogens (tertiary/aromatic N) is 2. The zero-order valence-electron chi connectivity index (χ0n) is 20.2. The average Bonchev–Trinajstić information content (AvgIpc) is 3.31. The summed E-state index contributed by atoms with van der Waals surface area (Å²) in [4.78, 5) is 22.4. The summed E-state index contributed by atoms with van der Waals surface area (Å²) in [5, 5.41) is 15.6. The van der Waals surface area contributed by atoms with Crippen molar-refractivity contribution in [3.63, 3.8) is 0 Å². The highest BCUT2D eigenvalue weighted by atomic mass is 35.5. The molecule has 1 aliphatic heterocycles. The molecule has 0 spiro atoms. The van der Waals surface area contributed by atoms with Crippen molar-refractivity contribution in [1.82, 2.24) is 4.98 Å². The van der Waals surface area contributed by atoms with Gasteiger partial charge in [-0.2, -0.15) is 0 Å². The van der Waals surface area contributed by atoms with Crippen molar-refractivity contribution in [3.8, 4) is 11.1 Å². The molecule has 2 unspecified atom stereocenters. The third-order valence-electron chi connectivity index (χ3n) is 6.42. The van der Waals surface area contributed by atoms with Crippen LogP contribution in [0.15, 0.2) is 82.8 Å². The Bertz CT molecular complexity index is 1490. The molecular formula is C29H24Cl2N2O3S. The van der Waals surface area contributed by atoms with E-state index in [0.29, 0.717) is 15.6 Å². The molecule has 0 fully saturated rings. The first kappa shape index (κ1) is 25.6. The lowest BCUT2D eigenvalue weighted by molar-refractivity contribution is 0.0329. The SMILES string of the molecule is CC(C)C1ON=C(c2c(Cl)cccc2Cl)C1CSc1ccc(-c2ccc3nc(C(=O)O)ccc3c2)cc1. The Kier molecular flexibility index (Phi) is 7.43. The zero-order chi connectivity index (χ0) is 26.1. The van der Waals surface area contributed by atoms with Crippen molar-refractivity contribution < 1.29 is 14.7 Å². The Balaban J connectivity index is 1.33. The maximum atomic E-state index is 11.2. The normalized spacial score (nSPS) is 17.2. The van der Waals surface area contributed by atoms with Crippen molar-refractivity contribution in [1.29, 1.82) is 0 Å². The molecule has 3 aromatic carbocycles. The number of halogens is 2. The number of oxime groups is 1. The quantitative estimate of drug-likeness (QED) is 0.235. The highest BCUT2D eigenvalue weighted by Gasteiger charge is 2.38. The lowest BCUT2D eigenvalue weighted by atomic mass is 9.88. The van der Waals surface area contributed by atoms with Crippen LogP contribution < -0.4 is 0 Å². The average molecular weight is 551 g/mol. The molecule has 8 heteroatoms. The Morgan fingerprint density at radius 3 is 2.38 bits per heavy atom. The van der Waals surface area contributed by atoms with Gasteiger partial charge in [0, 0.05) is 21.6 Å². The van der Waals surface area contributed by atoms with Crippen molar-refractivity contribution in [2.75, 3.05) is 5.75 Å². The number of thioether (sulfide) groups is 1. The van der Waals surface area contributed by atoms with Gasteiger partial charge in [0.05, 0.1) is 27.2 Å². The van der Waals surface area contributed by atoms with Crippen LogP contribution in [0.1, 0.15) is 29.9 Å². The topological polar surface area (TPSA) is 71.8 Å².